The van der Waals surface area contributed by atoms with Crippen LogP contribution in [0.2, 0.25) is 0 Å². The number of rotatable bonds is 8. The van der Waals surface area contributed by atoms with Gasteiger partial charge in [0.05, 0.1) is 10.2 Å². The fraction of sp³-hybridized carbons (Fsp3) is 0.583. The summed E-state index contributed by atoms with van der Waals surface area (Å²) in [7, 11) is 1.64. The van der Waals surface area contributed by atoms with Crippen LogP contribution in [0.1, 0.15) is 59.4 Å². The molecule has 0 fully saturated rings. The highest BCUT2D eigenvalue weighted by Crippen LogP contribution is 2.52. The lowest BCUT2D eigenvalue weighted by atomic mass is 9.67. The minimum Gasteiger partial charge on any atom is -0.345 e. The van der Waals surface area contributed by atoms with E-state index in [0.717, 1.165) is 34.0 Å². The van der Waals surface area contributed by atoms with E-state index in [1.165, 1.54) is 0 Å². The van der Waals surface area contributed by atoms with Crippen LogP contribution in [0.3, 0.4) is 0 Å². The van der Waals surface area contributed by atoms with E-state index in [-0.39, 0.29) is 11.3 Å². The largest absolute Gasteiger partial charge is 0.345 e. The normalized spacial score (nSPS) is 26.6. The molecule has 2 nitrogen and oxygen atoms in total. The van der Waals surface area contributed by atoms with Gasteiger partial charge in [-0.05, 0) is 58.6 Å². The maximum Gasteiger partial charge on any atom is 0.228 e. The second-order valence-corrected chi connectivity index (χ2v) is 9.78. The molecule has 0 spiro atoms. The molecule has 1 aromatic carbocycles. The predicted octanol–water partition coefficient (Wildman–Crippen LogP) is 7.34. The Morgan fingerprint density at radius 2 is 1.71 bits per heavy atom. The molecule has 1 aliphatic rings. The van der Waals surface area contributed by atoms with Crippen LogP contribution in [0.5, 0.6) is 0 Å². The van der Waals surface area contributed by atoms with Crippen LogP contribution < -0.4 is 0 Å². The fourth-order valence-electron chi connectivity index (χ4n) is 4.13. The molecule has 4 heteroatoms. The number of hydrogen-bond acceptors (Lipinski definition) is 2. The number of hydrogen-bond donors (Lipinski definition) is 0. The molecule has 1 aliphatic carbocycles. The van der Waals surface area contributed by atoms with Gasteiger partial charge in [0.2, 0.25) is 5.79 Å². The first-order valence-electron chi connectivity index (χ1n) is 10.2. The Bertz CT molecular complexity index is 707. The predicted molar refractivity (Wildman–Crippen MR) is 124 cm³/mol. The molecule has 2 rings (SSSR count). The van der Waals surface area contributed by atoms with Crippen molar-refractivity contribution in [2.75, 3.05) is 13.7 Å². The first-order valence-corrected chi connectivity index (χ1v) is 11.3. The van der Waals surface area contributed by atoms with Gasteiger partial charge in [-0.25, -0.2) is 4.39 Å². The highest BCUT2D eigenvalue weighted by atomic mass is 127. The fourth-order valence-corrected chi connectivity index (χ4v) is 5.28. The van der Waals surface area contributed by atoms with Crippen molar-refractivity contribution in [3.8, 4) is 0 Å². The second kappa shape index (κ2) is 9.40. The molecule has 0 bridgehead atoms. The molecule has 3 atom stereocenters. The third kappa shape index (κ3) is 4.71. The maximum absolute atomic E-state index is 16.6. The van der Waals surface area contributed by atoms with Crippen molar-refractivity contribution in [3.63, 3.8) is 0 Å². The summed E-state index contributed by atoms with van der Waals surface area (Å²) in [6, 6.07) is 9.89. The zero-order valence-electron chi connectivity index (χ0n) is 18.0. The molecule has 156 valence electrons. The summed E-state index contributed by atoms with van der Waals surface area (Å²) in [5.74, 6) is -1.21. The molecular formula is C24H34FIO2. The van der Waals surface area contributed by atoms with Gasteiger partial charge in [-0.3, -0.25) is 0 Å². The SMILES string of the molecule is CCCOC1(OC)C(I)=CC(F)(C(CCC)C(C)(C)C)C=C1c1ccccc1. The highest BCUT2D eigenvalue weighted by molar-refractivity contribution is 14.1. The Kier molecular flexibility index (Phi) is 7.90. The average Bonchev–Trinajstić information content (AvgIpc) is 2.65. The van der Waals surface area contributed by atoms with Crippen molar-refractivity contribution < 1.29 is 13.9 Å². The molecule has 0 radical (unpaired) electrons. The summed E-state index contributed by atoms with van der Waals surface area (Å²) in [6.07, 6.45) is 6.10. The van der Waals surface area contributed by atoms with E-state index in [0.29, 0.717) is 6.61 Å². The van der Waals surface area contributed by atoms with E-state index < -0.39 is 11.5 Å². The third-order valence-corrected chi connectivity index (χ3v) is 6.44. The molecule has 0 amide bonds. The monoisotopic (exact) mass is 500 g/mol. The van der Waals surface area contributed by atoms with E-state index >= 15 is 4.39 Å². The van der Waals surface area contributed by atoms with Crippen molar-refractivity contribution in [1.29, 1.82) is 0 Å². The van der Waals surface area contributed by atoms with Gasteiger partial charge in [-0.2, -0.15) is 0 Å². The second-order valence-electron chi connectivity index (χ2n) is 8.62. The lowest BCUT2D eigenvalue weighted by Gasteiger charge is -2.45. The van der Waals surface area contributed by atoms with E-state index in [1.807, 2.05) is 30.3 Å². The van der Waals surface area contributed by atoms with E-state index in [4.69, 9.17) is 9.47 Å². The lowest BCUT2D eigenvalue weighted by molar-refractivity contribution is -0.149. The Morgan fingerprint density at radius 1 is 1.07 bits per heavy atom. The van der Waals surface area contributed by atoms with Gasteiger partial charge in [0, 0.05) is 18.6 Å². The summed E-state index contributed by atoms with van der Waals surface area (Å²) >= 11 is 2.20. The summed E-state index contributed by atoms with van der Waals surface area (Å²) in [4.78, 5) is 0. The quantitative estimate of drug-likeness (QED) is 0.275. The van der Waals surface area contributed by atoms with Crippen molar-refractivity contribution in [1.82, 2.24) is 0 Å². The number of benzene rings is 1. The standard InChI is InChI=1S/C24H34FIO2/c1-7-12-20(22(3,4)5)23(25)16-19(18-13-10-9-11-14-18)24(27-6,21(26)17-23)28-15-8-2/h9-11,13-14,16-17,20H,7-8,12,15H2,1-6H3. The molecule has 0 N–H and O–H groups in total. The lowest BCUT2D eigenvalue weighted by Crippen LogP contribution is -2.46. The molecule has 28 heavy (non-hydrogen) atoms. The smallest absolute Gasteiger partial charge is 0.228 e. The summed E-state index contributed by atoms with van der Waals surface area (Å²) < 4.78 is 29.6. The van der Waals surface area contributed by atoms with Crippen LogP contribution in [0.4, 0.5) is 4.39 Å². The first-order chi connectivity index (χ1) is 13.1. The van der Waals surface area contributed by atoms with Crippen molar-refractivity contribution in [2.24, 2.45) is 11.3 Å². The maximum atomic E-state index is 16.6. The molecule has 3 unspecified atom stereocenters. The number of alkyl halides is 1. The Labute approximate surface area is 183 Å². The van der Waals surface area contributed by atoms with Crippen molar-refractivity contribution in [3.05, 3.63) is 51.6 Å². The summed E-state index contributed by atoms with van der Waals surface area (Å²) in [5, 5.41) is 0. The van der Waals surface area contributed by atoms with Gasteiger partial charge in [-0.1, -0.05) is 71.4 Å². The Morgan fingerprint density at radius 3 is 2.21 bits per heavy atom. The summed E-state index contributed by atoms with van der Waals surface area (Å²) in [6.45, 7) is 11.1. The number of halogens is 2. The third-order valence-electron chi connectivity index (χ3n) is 5.42. The molecule has 0 aromatic heterocycles. The minimum atomic E-state index is -1.56. The Balaban J connectivity index is 2.69. The first kappa shape index (κ1) is 23.6. The van der Waals surface area contributed by atoms with Crippen LogP contribution in [-0.2, 0) is 9.47 Å². The molecular weight excluding hydrogens is 466 g/mol. The Hall–Kier alpha value is -0.720. The summed E-state index contributed by atoms with van der Waals surface area (Å²) in [5.41, 5.74) is -0.0563. The zero-order chi connectivity index (χ0) is 21.0. The topological polar surface area (TPSA) is 18.5 Å². The highest BCUT2D eigenvalue weighted by Gasteiger charge is 2.51. The average molecular weight is 500 g/mol. The van der Waals surface area contributed by atoms with Gasteiger partial charge in [0.1, 0.15) is 0 Å². The number of methoxy groups -OCH3 is 1. The molecule has 0 saturated carbocycles. The number of ether oxygens (including phenoxy) is 2. The molecule has 0 saturated heterocycles. The minimum absolute atomic E-state index is 0.144. The molecule has 0 aliphatic heterocycles. The van der Waals surface area contributed by atoms with Crippen molar-refractivity contribution >= 4 is 28.2 Å². The van der Waals surface area contributed by atoms with Crippen LogP contribution in [0.25, 0.3) is 5.57 Å². The zero-order valence-corrected chi connectivity index (χ0v) is 20.2. The van der Waals surface area contributed by atoms with E-state index in [9.17, 15) is 0 Å². The van der Waals surface area contributed by atoms with Gasteiger partial charge in [0.15, 0.2) is 5.67 Å². The molecule has 0 heterocycles. The van der Waals surface area contributed by atoms with Crippen LogP contribution in [0.15, 0.2) is 46.1 Å². The molecule has 1 aromatic rings. The van der Waals surface area contributed by atoms with Gasteiger partial charge in [0.25, 0.3) is 0 Å². The van der Waals surface area contributed by atoms with E-state index in [2.05, 4.69) is 57.2 Å². The van der Waals surface area contributed by atoms with Crippen LogP contribution >= 0.6 is 22.6 Å². The van der Waals surface area contributed by atoms with Crippen LogP contribution in [0, 0.1) is 11.3 Å². The van der Waals surface area contributed by atoms with Gasteiger partial charge < -0.3 is 9.47 Å². The number of allylic oxidation sites excluding steroid dienone is 2. The van der Waals surface area contributed by atoms with Gasteiger partial charge >= 0.3 is 0 Å². The van der Waals surface area contributed by atoms with Crippen molar-refractivity contribution in [2.45, 2.75) is 65.3 Å². The van der Waals surface area contributed by atoms with Crippen LogP contribution in [-0.4, -0.2) is 25.2 Å². The van der Waals surface area contributed by atoms with Gasteiger partial charge in [-0.15, -0.1) is 0 Å². The van der Waals surface area contributed by atoms with E-state index in [1.54, 1.807) is 19.3 Å².